The molecule has 3 aromatic rings. The summed E-state index contributed by atoms with van der Waals surface area (Å²) in [5.74, 6) is 0.976. The molecule has 5 nitrogen and oxygen atoms in total. The molecule has 0 bridgehead atoms. The monoisotopic (exact) mass is 303 g/mol. The molecule has 0 saturated heterocycles. The molecule has 114 valence electrons. The summed E-state index contributed by atoms with van der Waals surface area (Å²) in [5.41, 5.74) is 5.83. The van der Waals surface area contributed by atoms with Gasteiger partial charge in [0.25, 0.3) is 0 Å². The Morgan fingerprint density at radius 2 is 2.26 bits per heavy atom. The largest absolute Gasteiger partial charge is 0.350 e. The van der Waals surface area contributed by atoms with E-state index in [2.05, 4.69) is 39.3 Å². The van der Waals surface area contributed by atoms with Crippen molar-refractivity contribution in [2.24, 2.45) is 0 Å². The molecule has 5 heteroatoms. The minimum absolute atomic E-state index is 0.485. The first-order chi connectivity index (χ1) is 11.3. The van der Waals surface area contributed by atoms with Crippen LogP contribution in [0, 0.1) is 18.3 Å². The molecule has 2 aromatic heterocycles. The van der Waals surface area contributed by atoms with Gasteiger partial charge >= 0.3 is 0 Å². The molecule has 4 rings (SSSR count). The number of hydrogen-bond acceptors (Lipinski definition) is 4. The van der Waals surface area contributed by atoms with Gasteiger partial charge in [-0.25, -0.2) is 9.50 Å². The average molecular weight is 303 g/mol. The van der Waals surface area contributed by atoms with E-state index in [-0.39, 0.29) is 0 Å². The summed E-state index contributed by atoms with van der Waals surface area (Å²) in [5, 5.41) is 13.5. The molecular formula is C18H17N5. The third-order valence-corrected chi connectivity index (χ3v) is 4.42. The normalized spacial score (nSPS) is 13.8. The fourth-order valence-electron chi connectivity index (χ4n) is 3.39. The number of fused-ring (bicyclic) bond motifs is 2. The number of nitrogens with zero attached hydrogens (tertiary/aromatic N) is 5. The van der Waals surface area contributed by atoms with Crippen LogP contribution in [0.3, 0.4) is 0 Å². The summed E-state index contributed by atoms with van der Waals surface area (Å²) in [6.45, 7) is 3.73. The number of aryl methyl sites for hydroxylation is 1. The van der Waals surface area contributed by atoms with Gasteiger partial charge in [0.1, 0.15) is 5.52 Å². The van der Waals surface area contributed by atoms with Crippen LogP contribution in [-0.4, -0.2) is 21.1 Å². The fourth-order valence-corrected chi connectivity index (χ4v) is 3.39. The molecule has 1 aromatic carbocycles. The van der Waals surface area contributed by atoms with Crippen molar-refractivity contribution in [3.05, 3.63) is 59.0 Å². The second-order valence-electron chi connectivity index (χ2n) is 5.93. The maximum absolute atomic E-state index is 8.99. The zero-order chi connectivity index (χ0) is 15.8. The summed E-state index contributed by atoms with van der Waals surface area (Å²) >= 11 is 0. The minimum atomic E-state index is 0.485. The Hall–Kier alpha value is -2.87. The third-order valence-electron chi connectivity index (χ3n) is 4.42. The smallest absolute Gasteiger partial charge is 0.155 e. The van der Waals surface area contributed by atoms with Crippen LogP contribution in [-0.2, 0) is 19.4 Å². The van der Waals surface area contributed by atoms with Crippen molar-refractivity contribution >= 4 is 11.3 Å². The van der Waals surface area contributed by atoms with Gasteiger partial charge in [-0.1, -0.05) is 18.2 Å². The van der Waals surface area contributed by atoms with Crippen LogP contribution in [0.1, 0.15) is 22.4 Å². The lowest BCUT2D eigenvalue weighted by Gasteiger charge is -2.31. The highest BCUT2D eigenvalue weighted by Gasteiger charge is 2.21. The maximum atomic E-state index is 8.99. The van der Waals surface area contributed by atoms with E-state index in [4.69, 9.17) is 5.26 Å². The van der Waals surface area contributed by atoms with Crippen LogP contribution in [0.25, 0.3) is 5.52 Å². The number of hydrogen-bond donors (Lipinski definition) is 0. The molecule has 0 saturated carbocycles. The summed E-state index contributed by atoms with van der Waals surface area (Å²) in [6, 6.07) is 10.6. The zero-order valence-corrected chi connectivity index (χ0v) is 13.0. The topological polar surface area (TPSA) is 57.2 Å². The van der Waals surface area contributed by atoms with Crippen LogP contribution >= 0.6 is 0 Å². The number of anilines is 1. The Kier molecular flexibility index (Phi) is 3.23. The van der Waals surface area contributed by atoms with Crippen LogP contribution in [0.4, 0.5) is 5.82 Å². The van der Waals surface area contributed by atoms with Gasteiger partial charge in [0.05, 0.1) is 18.2 Å². The van der Waals surface area contributed by atoms with Crippen molar-refractivity contribution in [3.63, 3.8) is 0 Å². The Morgan fingerprint density at radius 3 is 3.13 bits per heavy atom. The van der Waals surface area contributed by atoms with E-state index in [1.165, 1.54) is 11.1 Å². The van der Waals surface area contributed by atoms with Crippen molar-refractivity contribution in [3.8, 4) is 6.07 Å². The van der Waals surface area contributed by atoms with Gasteiger partial charge in [-0.15, -0.1) is 0 Å². The quantitative estimate of drug-likeness (QED) is 0.730. The van der Waals surface area contributed by atoms with Gasteiger partial charge in [-0.05, 0) is 36.1 Å². The summed E-state index contributed by atoms with van der Waals surface area (Å²) in [6.07, 6.45) is 5.12. The van der Waals surface area contributed by atoms with E-state index >= 15 is 0 Å². The van der Waals surface area contributed by atoms with E-state index in [9.17, 15) is 0 Å². The Morgan fingerprint density at radius 1 is 1.35 bits per heavy atom. The van der Waals surface area contributed by atoms with Crippen LogP contribution < -0.4 is 4.90 Å². The first-order valence-electron chi connectivity index (χ1n) is 7.79. The highest BCUT2D eigenvalue weighted by Crippen LogP contribution is 2.28. The molecule has 0 atom stereocenters. The number of nitriles is 1. The highest BCUT2D eigenvalue weighted by atomic mass is 15.3. The summed E-state index contributed by atoms with van der Waals surface area (Å²) in [7, 11) is 0. The summed E-state index contributed by atoms with van der Waals surface area (Å²) < 4.78 is 1.89. The van der Waals surface area contributed by atoms with Gasteiger partial charge in [-0.2, -0.15) is 10.4 Å². The molecule has 0 fully saturated rings. The van der Waals surface area contributed by atoms with Crippen molar-refractivity contribution < 1.29 is 0 Å². The highest BCUT2D eigenvalue weighted by molar-refractivity contribution is 5.69. The predicted octanol–water partition coefficient (Wildman–Crippen LogP) is 2.67. The molecule has 23 heavy (non-hydrogen) atoms. The molecule has 0 aliphatic carbocycles. The Bertz CT molecular complexity index is 919. The Balaban J connectivity index is 1.73. The first kappa shape index (κ1) is 13.8. The number of aromatic nitrogens is 3. The second kappa shape index (κ2) is 5.40. The fraction of sp³-hybridized carbons (Fsp3) is 0.278. The van der Waals surface area contributed by atoms with E-state index in [0.717, 1.165) is 42.1 Å². The maximum Gasteiger partial charge on any atom is 0.155 e. The molecule has 1 aliphatic heterocycles. The average Bonchev–Trinajstić information content (AvgIpc) is 2.95. The number of rotatable bonds is 2. The van der Waals surface area contributed by atoms with Gasteiger partial charge in [0, 0.05) is 25.5 Å². The first-order valence-corrected chi connectivity index (χ1v) is 7.79. The lowest BCUT2D eigenvalue weighted by atomic mass is 9.93. The predicted molar refractivity (Wildman–Crippen MR) is 88.2 cm³/mol. The molecule has 0 spiro atoms. The summed E-state index contributed by atoms with van der Waals surface area (Å²) in [4.78, 5) is 6.89. The van der Waals surface area contributed by atoms with Gasteiger partial charge < -0.3 is 4.90 Å². The third kappa shape index (κ3) is 2.33. The van der Waals surface area contributed by atoms with Gasteiger partial charge in [-0.3, -0.25) is 0 Å². The van der Waals surface area contributed by atoms with Crippen molar-refractivity contribution in [1.29, 1.82) is 5.26 Å². The molecule has 0 amide bonds. The SMILES string of the molecule is Cc1cc2c(N3CCc4c(CC#N)cccc4C3)nccn2n1. The van der Waals surface area contributed by atoms with Crippen molar-refractivity contribution in [1.82, 2.24) is 14.6 Å². The van der Waals surface area contributed by atoms with Crippen LogP contribution in [0.2, 0.25) is 0 Å². The number of benzene rings is 1. The minimum Gasteiger partial charge on any atom is -0.350 e. The second-order valence-corrected chi connectivity index (χ2v) is 5.93. The standard InChI is InChI=1S/C18H17N5/c1-13-11-17-18(20-8-10-23(17)21-13)22-9-6-16-14(5-7-19)3-2-4-15(16)12-22/h2-4,8,10-11H,5-6,9,12H2,1H3. The van der Waals surface area contributed by atoms with E-state index in [1.807, 2.05) is 23.7 Å². The van der Waals surface area contributed by atoms with E-state index in [0.29, 0.717) is 6.42 Å². The van der Waals surface area contributed by atoms with Gasteiger partial charge in [0.2, 0.25) is 0 Å². The molecular weight excluding hydrogens is 286 g/mol. The van der Waals surface area contributed by atoms with Crippen molar-refractivity contribution in [2.45, 2.75) is 26.3 Å². The Labute approximate surface area is 134 Å². The molecule has 0 unspecified atom stereocenters. The lowest BCUT2D eigenvalue weighted by Crippen LogP contribution is -2.32. The van der Waals surface area contributed by atoms with E-state index in [1.54, 1.807) is 6.20 Å². The molecule has 3 heterocycles. The van der Waals surface area contributed by atoms with Crippen LogP contribution in [0.15, 0.2) is 36.7 Å². The van der Waals surface area contributed by atoms with Gasteiger partial charge in [0.15, 0.2) is 5.82 Å². The zero-order valence-electron chi connectivity index (χ0n) is 13.0. The molecule has 0 radical (unpaired) electrons. The molecule has 0 N–H and O–H groups in total. The molecule has 1 aliphatic rings. The van der Waals surface area contributed by atoms with E-state index < -0.39 is 0 Å². The van der Waals surface area contributed by atoms with Crippen LogP contribution in [0.5, 0.6) is 0 Å². The lowest BCUT2D eigenvalue weighted by molar-refractivity contribution is 0.714. The van der Waals surface area contributed by atoms with Crippen molar-refractivity contribution in [2.75, 3.05) is 11.4 Å².